The maximum Gasteiger partial charge on any atom is 0.240 e. The first kappa shape index (κ1) is 22.0. The zero-order valence-corrected chi connectivity index (χ0v) is 18.6. The average molecular weight is 475 g/mol. The second kappa shape index (κ2) is 8.83. The molecule has 0 fully saturated rings. The summed E-state index contributed by atoms with van der Waals surface area (Å²) < 4.78 is 55.4. The van der Waals surface area contributed by atoms with Gasteiger partial charge in [-0.15, -0.1) is 0 Å². The van der Waals surface area contributed by atoms with Crippen LogP contribution in [-0.4, -0.2) is 22.9 Å². The van der Waals surface area contributed by atoms with Gasteiger partial charge in [0.05, 0.1) is 10.6 Å². The second-order valence-corrected chi connectivity index (χ2v) is 10.9. The first-order chi connectivity index (χ1) is 12.5. The molecule has 148 valence electrons. The highest BCUT2D eigenvalue weighted by molar-refractivity contribution is 9.10. The summed E-state index contributed by atoms with van der Waals surface area (Å²) in [5.74, 6) is -0.208. The molecule has 0 amide bonds. The number of halogens is 1. The first-order valence-electron chi connectivity index (χ1n) is 8.33. The predicted octanol–water partition coefficient (Wildman–Crippen LogP) is 3.06. The largest absolute Gasteiger partial charge is 0.240 e. The number of hydrogen-bond acceptors (Lipinski definition) is 4. The third-order valence-electron chi connectivity index (χ3n) is 3.77. The average Bonchev–Trinajstić information content (AvgIpc) is 2.55. The van der Waals surface area contributed by atoms with Crippen LogP contribution in [0, 0.1) is 6.92 Å². The monoisotopic (exact) mass is 474 g/mol. The van der Waals surface area contributed by atoms with Crippen molar-refractivity contribution in [2.45, 2.75) is 44.0 Å². The van der Waals surface area contributed by atoms with E-state index in [1.54, 1.807) is 50.2 Å². The Kier molecular flexibility index (Phi) is 7.20. The minimum atomic E-state index is -3.71. The van der Waals surface area contributed by atoms with E-state index in [4.69, 9.17) is 0 Å². The highest BCUT2D eigenvalue weighted by Crippen LogP contribution is 2.20. The fraction of sp³-hybridized carbons (Fsp3) is 0.333. The van der Waals surface area contributed by atoms with Gasteiger partial charge in [0.25, 0.3) is 0 Å². The van der Waals surface area contributed by atoms with Crippen LogP contribution in [0.5, 0.6) is 0 Å². The van der Waals surface area contributed by atoms with E-state index in [-0.39, 0.29) is 23.2 Å². The first-order valence-corrected chi connectivity index (χ1v) is 12.3. The van der Waals surface area contributed by atoms with Crippen molar-refractivity contribution < 1.29 is 16.8 Å². The van der Waals surface area contributed by atoms with Crippen LogP contribution < -0.4 is 9.44 Å². The van der Waals surface area contributed by atoms with Crippen molar-refractivity contribution in [1.29, 1.82) is 0 Å². The van der Waals surface area contributed by atoms with Crippen molar-refractivity contribution in [3.05, 3.63) is 63.6 Å². The van der Waals surface area contributed by atoms with E-state index < -0.39 is 20.0 Å². The molecule has 0 unspecified atom stereocenters. The van der Waals surface area contributed by atoms with E-state index in [0.29, 0.717) is 11.1 Å². The van der Waals surface area contributed by atoms with Crippen LogP contribution in [0.3, 0.4) is 0 Å². The van der Waals surface area contributed by atoms with Gasteiger partial charge in [-0.05, 0) is 55.7 Å². The van der Waals surface area contributed by atoms with Crippen LogP contribution in [-0.2, 0) is 32.3 Å². The van der Waals surface area contributed by atoms with Gasteiger partial charge in [0.1, 0.15) is 0 Å². The molecule has 6 nitrogen and oxygen atoms in total. The van der Waals surface area contributed by atoms with Crippen molar-refractivity contribution in [2.75, 3.05) is 0 Å². The number of aryl methyl sites for hydroxylation is 1. The van der Waals surface area contributed by atoms with E-state index in [1.807, 2.05) is 6.92 Å². The molecular formula is C18H23BrN2O4S2. The Morgan fingerprint density at radius 2 is 1.63 bits per heavy atom. The summed E-state index contributed by atoms with van der Waals surface area (Å²) >= 11 is 3.35. The van der Waals surface area contributed by atoms with Crippen molar-refractivity contribution in [3.8, 4) is 0 Å². The maximum atomic E-state index is 12.6. The van der Waals surface area contributed by atoms with Gasteiger partial charge in [0.15, 0.2) is 0 Å². The Bertz CT molecular complexity index is 1020. The van der Waals surface area contributed by atoms with Crippen LogP contribution in [0.15, 0.2) is 51.8 Å². The standard InChI is InChI=1S/C18H23BrN2O4S2/c1-13(2)21-26(22,23)12-16-7-5-4-6-15(16)11-20-27(24,25)17-8-9-18(19)14(3)10-17/h4-10,13,20-21H,11-12H2,1-3H3. The Morgan fingerprint density at radius 3 is 2.22 bits per heavy atom. The number of rotatable bonds is 8. The molecule has 2 aromatic rings. The lowest BCUT2D eigenvalue weighted by atomic mass is 10.1. The van der Waals surface area contributed by atoms with E-state index in [1.165, 1.54) is 6.07 Å². The Morgan fingerprint density at radius 1 is 1.00 bits per heavy atom. The minimum Gasteiger partial charge on any atom is -0.212 e. The second-order valence-electron chi connectivity index (χ2n) is 6.54. The molecule has 0 atom stereocenters. The number of sulfonamides is 2. The summed E-state index contributed by atoms with van der Waals surface area (Å²) in [6.07, 6.45) is 0. The lowest BCUT2D eigenvalue weighted by Gasteiger charge is -2.14. The van der Waals surface area contributed by atoms with Gasteiger partial charge in [-0.2, -0.15) is 0 Å². The lowest BCUT2D eigenvalue weighted by Crippen LogP contribution is -2.32. The summed E-state index contributed by atoms with van der Waals surface area (Å²) in [7, 11) is -7.22. The summed E-state index contributed by atoms with van der Waals surface area (Å²) in [5, 5.41) is 0. The van der Waals surface area contributed by atoms with Gasteiger partial charge in [0.2, 0.25) is 20.0 Å². The molecule has 27 heavy (non-hydrogen) atoms. The van der Waals surface area contributed by atoms with E-state index in [0.717, 1.165) is 10.0 Å². The van der Waals surface area contributed by atoms with E-state index in [2.05, 4.69) is 25.4 Å². The molecule has 0 saturated carbocycles. The molecule has 9 heteroatoms. The summed E-state index contributed by atoms with van der Waals surface area (Å²) in [5.41, 5.74) is 1.98. The van der Waals surface area contributed by atoms with Gasteiger partial charge in [-0.1, -0.05) is 40.2 Å². The third-order valence-corrected chi connectivity index (χ3v) is 7.58. The van der Waals surface area contributed by atoms with E-state index in [9.17, 15) is 16.8 Å². The van der Waals surface area contributed by atoms with Crippen LogP contribution in [0.2, 0.25) is 0 Å². The lowest BCUT2D eigenvalue weighted by molar-refractivity contribution is 0.568. The number of nitrogens with one attached hydrogen (secondary N) is 2. The molecule has 0 aliphatic heterocycles. The zero-order chi connectivity index (χ0) is 20.2. The number of hydrogen-bond donors (Lipinski definition) is 2. The van der Waals surface area contributed by atoms with Crippen LogP contribution >= 0.6 is 15.9 Å². The van der Waals surface area contributed by atoms with E-state index >= 15 is 0 Å². The van der Waals surface area contributed by atoms with Crippen molar-refractivity contribution in [2.24, 2.45) is 0 Å². The predicted molar refractivity (Wildman–Crippen MR) is 110 cm³/mol. The minimum absolute atomic E-state index is 0.00478. The fourth-order valence-electron chi connectivity index (χ4n) is 2.52. The molecule has 0 saturated heterocycles. The van der Waals surface area contributed by atoms with Crippen LogP contribution in [0.1, 0.15) is 30.5 Å². The van der Waals surface area contributed by atoms with Gasteiger partial charge >= 0.3 is 0 Å². The normalized spacial score (nSPS) is 12.5. The Hall–Kier alpha value is -1.26. The fourth-order valence-corrected chi connectivity index (χ4v) is 5.35. The zero-order valence-electron chi connectivity index (χ0n) is 15.4. The molecule has 2 rings (SSSR count). The molecule has 0 aromatic heterocycles. The third kappa shape index (κ3) is 6.39. The quantitative estimate of drug-likeness (QED) is 0.614. The van der Waals surface area contributed by atoms with Crippen LogP contribution in [0.4, 0.5) is 0 Å². The highest BCUT2D eigenvalue weighted by atomic mass is 79.9. The Balaban J connectivity index is 2.20. The van der Waals surface area contributed by atoms with Crippen molar-refractivity contribution in [1.82, 2.24) is 9.44 Å². The maximum absolute atomic E-state index is 12.6. The summed E-state index contributed by atoms with van der Waals surface area (Å²) in [4.78, 5) is 0.162. The molecule has 0 aliphatic carbocycles. The molecule has 0 radical (unpaired) electrons. The smallest absolute Gasteiger partial charge is 0.212 e. The topological polar surface area (TPSA) is 92.3 Å². The molecular weight excluding hydrogens is 452 g/mol. The van der Waals surface area contributed by atoms with Crippen molar-refractivity contribution in [3.63, 3.8) is 0 Å². The van der Waals surface area contributed by atoms with Gasteiger partial charge in [-0.25, -0.2) is 26.3 Å². The Labute approximate surface area is 169 Å². The summed E-state index contributed by atoms with van der Waals surface area (Å²) in [6.45, 7) is 5.31. The number of benzene rings is 2. The summed E-state index contributed by atoms with van der Waals surface area (Å²) in [6, 6.07) is 11.5. The molecule has 0 spiro atoms. The van der Waals surface area contributed by atoms with Gasteiger partial charge < -0.3 is 0 Å². The van der Waals surface area contributed by atoms with Crippen LogP contribution in [0.25, 0.3) is 0 Å². The highest BCUT2D eigenvalue weighted by Gasteiger charge is 2.18. The molecule has 0 heterocycles. The van der Waals surface area contributed by atoms with Crippen molar-refractivity contribution >= 4 is 36.0 Å². The molecule has 0 aliphatic rings. The molecule has 2 aromatic carbocycles. The molecule has 0 bridgehead atoms. The molecule has 2 N–H and O–H groups in total. The SMILES string of the molecule is Cc1cc(S(=O)(=O)NCc2ccccc2CS(=O)(=O)NC(C)C)ccc1Br. The van der Waals surface area contributed by atoms with Gasteiger partial charge in [-0.3, -0.25) is 0 Å². The van der Waals surface area contributed by atoms with Gasteiger partial charge in [0, 0.05) is 17.1 Å².